The van der Waals surface area contributed by atoms with E-state index in [1.165, 1.54) is 16.8 Å². The lowest BCUT2D eigenvalue weighted by atomic mass is 9.96. The third-order valence-electron chi connectivity index (χ3n) is 5.83. The molecule has 0 unspecified atom stereocenters. The van der Waals surface area contributed by atoms with Gasteiger partial charge >= 0.3 is 0 Å². The van der Waals surface area contributed by atoms with E-state index in [2.05, 4.69) is 10.3 Å². The van der Waals surface area contributed by atoms with Gasteiger partial charge in [0.25, 0.3) is 0 Å². The van der Waals surface area contributed by atoms with Crippen LogP contribution in [0.2, 0.25) is 0 Å². The van der Waals surface area contributed by atoms with E-state index in [4.69, 9.17) is 9.72 Å². The van der Waals surface area contributed by atoms with Crippen LogP contribution >= 0.6 is 0 Å². The Morgan fingerprint density at radius 1 is 1.31 bits per heavy atom. The van der Waals surface area contributed by atoms with Crippen LogP contribution in [0.5, 0.6) is 5.75 Å². The molecular weight excluding hydrogens is 364 g/mol. The number of aryl methyl sites for hydroxylation is 1. The van der Waals surface area contributed by atoms with E-state index >= 15 is 0 Å². The van der Waals surface area contributed by atoms with Gasteiger partial charge in [0.2, 0.25) is 5.91 Å². The lowest BCUT2D eigenvalue weighted by Gasteiger charge is -2.32. The summed E-state index contributed by atoms with van der Waals surface area (Å²) in [7, 11) is 0. The van der Waals surface area contributed by atoms with E-state index in [-0.39, 0.29) is 11.8 Å². The second-order valence-electron chi connectivity index (χ2n) is 7.88. The van der Waals surface area contributed by atoms with Gasteiger partial charge in [-0.2, -0.15) is 0 Å². The third kappa shape index (κ3) is 4.93. The third-order valence-corrected chi connectivity index (χ3v) is 5.83. The van der Waals surface area contributed by atoms with E-state index in [1.807, 2.05) is 42.3 Å². The van der Waals surface area contributed by atoms with Crippen LogP contribution in [0.25, 0.3) is 0 Å². The summed E-state index contributed by atoms with van der Waals surface area (Å²) in [5.41, 5.74) is 3.55. The Bertz CT molecular complexity index is 837. The van der Waals surface area contributed by atoms with Gasteiger partial charge in [-0.15, -0.1) is 0 Å². The van der Waals surface area contributed by atoms with Gasteiger partial charge in [-0.3, -0.25) is 4.79 Å². The van der Waals surface area contributed by atoms with Gasteiger partial charge in [0.05, 0.1) is 6.61 Å². The van der Waals surface area contributed by atoms with Gasteiger partial charge in [0.1, 0.15) is 11.6 Å². The lowest BCUT2D eigenvalue weighted by Crippen LogP contribution is -2.39. The molecular formula is C23H30N4O2. The molecule has 154 valence electrons. The van der Waals surface area contributed by atoms with Crippen molar-refractivity contribution in [3.05, 3.63) is 53.1 Å². The van der Waals surface area contributed by atoms with Gasteiger partial charge in [-0.1, -0.05) is 12.1 Å². The number of hydrogen-bond donors (Lipinski definition) is 1. The molecule has 2 aromatic rings. The van der Waals surface area contributed by atoms with Crippen molar-refractivity contribution in [1.29, 1.82) is 0 Å². The van der Waals surface area contributed by atoms with Crippen LogP contribution in [0, 0.1) is 0 Å². The zero-order valence-electron chi connectivity index (χ0n) is 17.2. The number of nitrogens with one attached hydrogen (secondary N) is 1. The number of benzene rings is 1. The Balaban J connectivity index is 1.33. The fourth-order valence-electron chi connectivity index (χ4n) is 4.19. The highest BCUT2D eigenvalue weighted by molar-refractivity contribution is 5.76. The molecule has 0 aliphatic carbocycles. The Morgan fingerprint density at radius 2 is 2.17 bits per heavy atom. The van der Waals surface area contributed by atoms with Crippen molar-refractivity contribution in [2.75, 3.05) is 26.2 Å². The monoisotopic (exact) mass is 394 g/mol. The highest BCUT2D eigenvalue weighted by Crippen LogP contribution is 2.26. The number of carbonyl (C=O) groups is 1. The predicted molar refractivity (Wildman–Crippen MR) is 112 cm³/mol. The predicted octanol–water partition coefficient (Wildman–Crippen LogP) is 2.86. The normalized spacial score (nSPS) is 18.9. The molecule has 1 aromatic heterocycles. The van der Waals surface area contributed by atoms with Crippen molar-refractivity contribution < 1.29 is 9.53 Å². The number of carbonyl (C=O) groups excluding carboxylic acids is 1. The molecule has 6 nitrogen and oxygen atoms in total. The number of rotatable bonds is 6. The first kappa shape index (κ1) is 19.8. The summed E-state index contributed by atoms with van der Waals surface area (Å²) in [6, 6.07) is 8.05. The molecule has 0 saturated carbocycles. The van der Waals surface area contributed by atoms with Crippen LogP contribution in [-0.2, 0) is 24.2 Å². The summed E-state index contributed by atoms with van der Waals surface area (Å²) in [6.45, 7) is 6.05. The van der Waals surface area contributed by atoms with Crippen LogP contribution in [0.1, 0.15) is 54.7 Å². The highest BCUT2D eigenvalue weighted by Gasteiger charge is 2.27. The standard InChI is InChI=1S/C23H30N4O2/c1-2-29-20-8-5-17(6-9-20)7-10-22(28)27-13-3-4-18(16-27)23-25-15-19-14-24-12-11-21(19)26-23/h5-6,8-9,15,18,24H,2-4,7,10-14,16H2,1H3/t18-/m1/s1. The Labute approximate surface area is 172 Å². The summed E-state index contributed by atoms with van der Waals surface area (Å²) in [5, 5.41) is 3.36. The molecule has 0 spiro atoms. The van der Waals surface area contributed by atoms with Gasteiger partial charge in [0, 0.05) is 62.4 Å². The number of fused-ring (bicyclic) bond motifs is 1. The van der Waals surface area contributed by atoms with E-state index in [1.54, 1.807) is 0 Å². The molecule has 1 fully saturated rings. The zero-order chi connectivity index (χ0) is 20.1. The molecule has 1 amide bonds. The first-order valence-corrected chi connectivity index (χ1v) is 10.8. The zero-order valence-corrected chi connectivity index (χ0v) is 17.2. The van der Waals surface area contributed by atoms with Gasteiger partial charge in [-0.25, -0.2) is 9.97 Å². The topological polar surface area (TPSA) is 67.3 Å². The summed E-state index contributed by atoms with van der Waals surface area (Å²) >= 11 is 0. The van der Waals surface area contributed by atoms with Crippen LogP contribution in [0.4, 0.5) is 0 Å². The van der Waals surface area contributed by atoms with Crippen LogP contribution in [0.3, 0.4) is 0 Å². The Hall–Kier alpha value is -2.47. The second-order valence-corrected chi connectivity index (χ2v) is 7.88. The van der Waals surface area contributed by atoms with Crippen molar-refractivity contribution in [1.82, 2.24) is 20.2 Å². The number of aromatic nitrogens is 2. The van der Waals surface area contributed by atoms with E-state index in [0.29, 0.717) is 13.0 Å². The van der Waals surface area contributed by atoms with E-state index in [0.717, 1.165) is 63.4 Å². The SMILES string of the molecule is CCOc1ccc(CCC(=O)N2CCC[C@@H](c3ncc4c(n3)CCNC4)C2)cc1. The minimum absolute atomic E-state index is 0.228. The molecule has 29 heavy (non-hydrogen) atoms. The molecule has 3 heterocycles. The molecule has 1 aromatic carbocycles. The molecule has 6 heteroatoms. The van der Waals surface area contributed by atoms with E-state index < -0.39 is 0 Å². The minimum Gasteiger partial charge on any atom is -0.494 e. The smallest absolute Gasteiger partial charge is 0.222 e. The number of hydrogen-bond acceptors (Lipinski definition) is 5. The highest BCUT2D eigenvalue weighted by atomic mass is 16.5. The van der Waals surface area contributed by atoms with E-state index in [9.17, 15) is 4.79 Å². The summed E-state index contributed by atoms with van der Waals surface area (Å²) in [4.78, 5) is 24.3. The number of ether oxygens (including phenoxy) is 1. The van der Waals surface area contributed by atoms with Crippen molar-refractivity contribution in [2.24, 2.45) is 0 Å². The molecule has 2 aliphatic rings. The quantitative estimate of drug-likeness (QED) is 0.816. The maximum absolute atomic E-state index is 12.8. The largest absolute Gasteiger partial charge is 0.494 e. The maximum Gasteiger partial charge on any atom is 0.222 e. The molecule has 1 atom stereocenters. The number of piperidine rings is 1. The van der Waals surface area contributed by atoms with Crippen molar-refractivity contribution >= 4 is 5.91 Å². The molecule has 0 radical (unpaired) electrons. The van der Waals surface area contributed by atoms with Gasteiger partial charge in [-0.05, 0) is 43.9 Å². The first-order chi connectivity index (χ1) is 14.2. The molecule has 2 aliphatic heterocycles. The Morgan fingerprint density at radius 3 is 3.00 bits per heavy atom. The minimum atomic E-state index is 0.228. The van der Waals surface area contributed by atoms with Crippen molar-refractivity contribution in [3.63, 3.8) is 0 Å². The average molecular weight is 395 g/mol. The summed E-state index contributed by atoms with van der Waals surface area (Å²) < 4.78 is 5.48. The van der Waals surface area contributed by atoms with Gasteiger partial charge < -0.3 is 15.0 Å². The number of likely N-dealkylation sites (tertiary alicyclic amines) is 1. The molecule has 1 N–H and O–H groups in total. The molecule has 1 saturated heterocycles. The van der Waals surface area contributed by atoms with Crippen LogP contribution in [-0.4, -0.2) is 47.0 Å². The Kier molecular flexibility index (Phi) is 6.39. The van der Waals surface area contributed by atoms with Gasteiger partial charge in [0.15, 0.2) is 0 Å². The summed E-state index contributed by atoms with van der Waals surface area (Å²) in [5.74, 6) is 2.26. The maximum atomic E-state index is 12.8. The van der Waals surface area contributed by atoms with Crippen molar-refractivity contribution in [2.45, 2.75) is 51.5 Å². The second kappa shape index (κ2) is 9.35. The molecule has 0 bridgehead atoms. The number of nitrogens with zero attached hydrogens (tertiary/aromatic N) is 3. The van der Waals surface area contributed by atoms with Crippen LogP contribution in [0.15, 0.2) is 30.5 Å². The molecule has 4 rings (SSSR count). The summed E-state index contributed by atoms with van der Waals surface area (Å²) in [6.07, 6.45) is 6.30. The fraction of sp³-hybridized carbons (Fsp3) is 0.522. The fourth-order valence-corrected chi connectivity index (χ4v) is 4.19. The van der Waals surface area contributed by atoms with Crippen molar-refractivity contribution in [3.8, 4) is 5.75 Å². The average Bonchev–Trinajstić information content (AvgIpc) is 2.78. The number of amides is 1. The lowest BCUT2D eigenvalue weighted by molar-refractivity contribution is -0.132. The first-order valence-electron chi connectivity index (χ1n) is 10.8. The van der Waals surface area contributed by atoms with Crippen LogP contribution < -0.4 is 10.1 Å².